The number of benzene rings is 2. The summed E-state index contributed by atoms with van der Waals surface area (Å²) in [6.07, 6.45) is 0. The third-order valence-electron chi connectivity index (χ3n) is 2.91. The first-order valence-electron chi connectivity index (χ1n) is 6.88. The number of rotatable bonds is 4. The second kappa shape index (κ2) is 7.13. The molecule has 0 aliphatic carbocycles. The monoisotopic (exact) mass is 311 g/mol. The number of carbonyl (C=O) groups is 2. The van der Waals surface area contributed by atoms with Crippen LogP contribution in [0.4, 0.5) is 21.9 Å². The summed E-state index contributed by atoms with van der Waals surface area (Å²) in [4.78, 5) is 23.3. The smallest absolute Gasteiger partial charge is 0.323 e. The van der Waals surface area contributed by atoms with Gasteiger partial charge in [-0.3, -0.25) is 4.79 Å². The molecule has 0 bridgehead atoms. The summed E-state index contributed by atoms with van der Waals surface area (Å²) in [6, 6.07) is 12.4. The molecule has 3 amide bonds. The standard InChI is InChI=1S/C17H17N3O3/c1-11(2)16(22)18-12-3-5-13(6-4-12)19-17(23)20-14-7-9-15(21)10-8-14/h3-10,21H,1H2,2H3,(H,18,22)(H2,19,20,23). The van der Waals surface area contributed by atoms with Crippen molar-refractivity contribution in [1.29, 1.82) is 0 Å². The highest BCUT2D eigenvalue weighted by molar-refractivity contribution is 6.03. The highest BCUT2D eigenvalue weighted by Crippen LogP contribution is 2.16. The molecule has 0 spiro atoms. The Morgan fingerprint density at radius 3 is 1.65 bits per heavy atom. The Balaban J connectivity index is 1.92. The third-order valence-corrected chi connectivity index (χ3v) is 2.91. The minimum absolute atomic E-state index is 0.128. The summed E-state index contributed by atoms with van der Waals surface area (Å²) in [5.74, 6) is -0.126. The van der Waals surface area contributed by atoms with Crippen molar-refractivity contribution in [3.05, 3.63) is 60.7 Å². The van der Waals surface area contributed by atoms with Crippen molar-refractivity contribution in [3.63, 3.8) is 0 Å². The molecule has 0 fully saturated rings. The highest BCUT2D eigenvalue weighted by atomic mass is 16.3. The second-order valence-electron chi connectivity index (χ2n) is 4.94. The molecule has 0 aliphatic rings. The Kier molecular flexibility index (Phi) is 4.99. The maximum atomic E-state index is 11.9. The summed E-state index contributed by atoms with van der Waals surface area (Å²) in [5.41, 5.74) is 2.17. The lowest BCUT2D eigenvalue weighted by atomic mass is 10.2. The van der Waals surface area contributed by atoms with Crippen LogP contribution in [0.5, 0.6) is 5.75 Å². The molecule has 4 N–H and O–H groups in total. The summed E-state index contributed by atoms with van der Waals surface area (Å²) < 4.78 is 0. The van der Waals surface area contributed by atoms with Crippen molar-refractivity contribution in [2.24, 2.45) is 0 Å². The summed E-state index contributed by atoms with van der Waals surface area (Å²) in [6.45, 7) is 5.18. The number of hydrogen-bond acceptors (Lipinski definition) is 3. The van der Waals surface area contributed by atoms with Crippen LogP contribution in [-0.2, 0) is 4.79 Å². The number of urea groups is 1. The van der Waals surface area contributed by atoms with E-state index in [4.69, 9.17) is 0 Å². The molecule has 0 saturated carbocycles. The maximum absolute atomic E-state index is 11.9. The minimum Gasteiger partial charge on any atom is -0.508 e. The first kappa shape index (κ1) is 16.1. The minimum atomic E-state index is -0.408. The Hall–Kier alpha value is -3.28. The van der Waals surface area contributed by atoms with Crippen LogP contribution in [-0.4, -0.2) is 17.0 Å². The van der Waals surface area contributed by atoms with Crippen molar-refractivity contribution in [2.45, 2.75) is 6.92 Å². The van der Waals surface area contributed by atoms with Crippen LogP contribution in [0.15, 0.2) is 60.7 Å². The van der Waals surface area contributed by atoms with Gasteiger partial charge in [-0.25, -0.2) is 4.79 Å². The molecule has 0 saturated heterocycles. The molecule has 0 atom stereocenters. The largest absolute Gasteiger partial charge is 0.508 e. The fraction of sp³-hybridized carbons (Fsp3) is 0.0588. The zero-order valence-electron chi connectivity index (χ0n) is 12.6. The molecular formula is C17H17N3O3. The molecule has 0 unspecified atom stereocenters. The SMILES string of the molecule is C=C(C)C(=O)Nc1ccc(NC(=O)Nc2ccc(O)cc2)cc1. The van der Waals surface area contributed by atoms with E-state index in [0.29, 0.717) is 22.6 Å². The van der Waals surface area contributed by atoms with Gasteiger partial charge < -0.3 is 21.1 Å². The van der Waals surface area contributed by atoms with Gasteiger partial charge in [-0.1, -0.05) is 6.58 Å². The predicted octanol–water partition coefficient (Wildman–Crippen LogP) is 3.55. The first-order valence-corrected chi connectivity index (χ1v) is 6.88. The molecule has 23 heavy (non-hydrogen) atoms. The number of aromatic hydroxyl groups is 1. The average Bonchev–Trinajstić information content (AvgIpc) is 2.51. The molecule has 6 nitrogen and oxygen atoms in total. The molecule has 2 aromatic carbocycles. The highest BCUT2D eigenvalue weighted by Gasteiger charge is 2.05. The number of phenolic OH excluding ortho intramolecular Hbond substituents is 1. The second-order valence-corrected chi connectivity index (χ2v) is 4.94. The fourth-order valence-electron chi connectivity index (χ4n) is 1.71. The topological polar surface area (TPSA) is 90.5 Å². The van der Waals surface area contributed by atoms with Crippen molar-refractivity contribution in [1.82, 2.24) is 0 Å². The molecular weight excluding hydrogens is 294 g/mol. The van der Waals surface area contributed by atoms with Gasteiger partial charge in [-0.2, -0.15) is 0 Å². The van der Waals surface area contributed by atoms with Gasteiger partial charge in [0, 0.05) is 22.6 Å². The van der Waals surface area contributed by atoms with E-state index in [0.717, 1.165) is 0 Å². The van der Waals surface area contributed by atoms with E-state index in [1.165, 1.54) is 12.1 Å². The lowest BCUT2D eigenvalue weighted by molar-refractivity contribution is -0.112. The van der Waals surface area contributed by atoms with Gasteiger partial charge in [0.1, 0.15) is 5.75 Å². The van der Waals surface area contributed by atoms with E-state index in [2.05, 4.69) is 22.5 Å². The quantitative estimate of drug-likeness (QED) is 0.514. The molecule has 6 heteroatoms. The van der Waals surface area contributed by atoms with Gasteiger partial charge in [0.2, 0.25) is 0 Å². The van der Waals surface area contributed by atoms with Crippen LogP contribution in [0.3, 0.4) is 0 Å². The van der Waals surface area contributed by atoms with Crippen LogP contribution < -0.4 is 16.0 Å². The molecule has 2 aromatic rings. The lowest BCUT2D eigenvalue weighted by Crippen LogP contribution is -2.19. The number of carbonyl (C=O) groups excluding carboxylic acids is 2. The molecule has 2 rings (SSSR count). The zero-order valence-corrected chi connectivity index (χ0v) is 12.6. The number of nitrogens with one attached hydrogen (secondary N) is 3. The van der Waals surface area contributed by atoms with Gasteiger partial charge in [0.05, 0.1) is 0 Å². The summed E-state index contributed by atoms with van der Waals surface area (Å²) in [7, 11) is 0. The number of phenols is 1. The number of anilines is 3. The van der Waals surface area contributed by atoms with Crippen LogP contribution >= 0.6 is 0 Å². The van der Waals surface area contributed by atoms with Crippen LogP contribution in [0.1, 0.15) is 6.92 Å². The van der Waals surface area contributed by atoms with E-state index < -0.39 is 6.03 Å². The first-order chi connectivity index (χ1) is 10.9. The average molecular weight is 311 g/mol. The van der Waals surface area contributed by atoms with Crippen molar-refractivity contribution < 1.29 is 14.7 Å². The van der Waals surface area contributed by atoms with Crippen LogP contribution in [0, 0.1) is 0 Å². The van der Waals surface area contributed by atoms with E-state index in [9.17, 15) is 14.7 Å². The molecule has 0 aromatic heterocycles. The van der Waals surface area contributed by atoms with Crippen LogP contribution in [0.2, 0.25) is 0 Å². The van der Waals surface area contributed by atoms with Crippen molar-refractivity contribution in [2.75, 3.05) is 16.0 Å². The van der Waals surface area contributed by atoms with E-state index in [1.807, 2.05) is 0 Å². The van der Waals surface area contributed by atoms with E-state index >= 15 is 0 Å². The zero-order chi connectivity index (χ0) is 16.8. The molecule has 0 aliphatic heterocycles. The third kappa shape index (κ3) is 4.89. The fourth-order valence-corrected chi connectivity index (χ4v) is 1.71. The van der Waals surface area contributed by atoms with Crippen molar-refractivity contribution >= 4 is 29.0 Å². The summed E-state index contributed by atoms with van der Waals surface area (Å²) >= 11 is 0. The Labute approximate surface area is 133 Å². The van der Waals surface area contributed by atoms with E-state index in [-0.39, 0.29) is 11.7 Å². The van der Waals surface area contributed by atoms with Gasteiger partial charge in [0.25, 0.3) is 5.91 Å². The number of hydrogen-bond donors (Lipinski definition) is 4. The van der Waals surface area contributed by atoms with Gasteiger partial charge >= 0.3 is 6.03 Å². The molecule has 0 radical (unpaired) electrons. The van der Waals surface area contributed by atoms with Crippen molar-refractivity contribution in [3.8, 4) is 5.75 Å². The molecule has 0 heterocycles. The normalized spacial score (nSPS) is 9.78. The lowest BCUT2D eigenvalue weighted by Gasteiger charge is -2.09. The Morgan fingerprint density at radius 2 is 1.22 bits per heavy atom. The van der Waals surface area contributed by atoms with Gasteiger partial charge in [-0.05, 0) is 55.5 Å². The van der Waals surface area contributed by atoms with E-state index in [1.54, 1.807) is 43.3 Å². The summed E-state index contributed by atoms with van der Waals surface area (Å²) in [5, 5.41) is 17.2. The van der Waals surface area contributed by atoms with Gasteiger partial charge in [-0.15, -0.1) is 0 Å². The van der Waals surface area contributed by atoms with Gasteiger partial charge in [0.15, 0.2) is 0 Å². The predicted molar refractivity (Wildman–Crippen MR) is 90.6 cm³/mol. The maximum Gasteiger partial charge on any atom is 0.323 e. The molecule has 118 valence electrons. The number of amides is 3. The van der Waals surface area contributed by atoms with Crippen LogP contribution in [0.25, 0.3) is 0 Å². The Morgan fingerprint density at radius 1 is 0.826 bits per heavy atom. The Bertz CT molecular complexity index is 722.